The lowest BCUT2D eigenvalue weighted by Crippen LogP contribution is -2.09. The molecular weight excluding hydrogens is 367 g/mol. The summed E-state index contributed by atoms with van der Waals surface area (Å²) in [5, 5.41) is 14.5. The molecule has 0 radical (unpaired) electrons. The molecule has 1 aromatic heterocycles. The lowest BCUT2D eigenvalue weighted by Gasteiger charge is -2.12. The van der Waals surface area contributed by atoms with E-state index < -0.39 is 34.7 Å². The van der Waals surface area contributed by atoms with Gasteiger partial charge in [0, 0.05) is 17.7 Å². The molecule has 0 aliphatic heterocycles. The SMILES string of the molecule is Cc1cccc(-c2noc(COc3ccc([N+](=O)[O-])cc3C(F)(F)F)n2)c1. The van der Waals surface area contributed by atoms with E-state index in [1.807, 2.05) is 25.1 Å². The van der Waals surface area contributed by atoms with Gasteiger partial charge in [0.05, 0.1) is 4.92 Å². The van der Waals surface area contributed by atoms with Crippen LogP contribution in [0.1, 0.15) is 17.0 Å². The van der Waals surface area contributed by atoms with Gasteiger partial charge in [0.15, 0.2) is 6.61 Å². The number of hydrogen-bond donors (Lipinski definition) is 0. The van der Waals surface area contributed by atoms with Gasteiger partial charge in [-0.05, 0) is 19.1 Å². The van der Waals surface area contributed by atoms with E-state index in [2.05, 4.69) is 10.1 Å². The highest BCUT2D eigenvalue weighted by Gasteiger charge is 2.36. The fraction of sp³-hybridized carbons (Fsp3) is 0.176. The lowest BCUT2D eigenvalue weighted by atomic mass is 10.1. The van der Waals surface area contributed by atoms with Crippen molar-refractivity contribution in [2.45, 2.75) is 19.7 Å². The lowest BCUT2D eigenvalue weighted by molar-refractivity contribution is -0.385. The molecule has 0 N–H and O–H groups in total. The van der Waals surface area contributed by atoms with Crippen LogP contribution in [-0.4, -0.2) is 15.1 Å². The number of nitro groups is 1. The summed E-state index contributed by atoms with van der Waals surface area (Å²) in [6.45, 7) is 1.47. The van der Waals surface area contributed by atoms with Crippen molar-refractivity contribution in [1.82, 2.24) is 10.1 Å². The van der Waals surface area contributed by atoms with Gasteiger partial charge in [-0.3, -0.25) is 10.1 Å². The van der Waals surface area contributed by atoms with Crippen molar-refractivity contribution in [3.8, 4) is 17.1 Å². The first-order valence-electron chi connectivity index (χ1n) is 7.62. The Balaban J connectivity index is 1.80. The van der Waals surface area contributed by atoms with E-state index in [4.69, 9.17) is 9.26 Å². The number of halogens is 3. The first-order valence-corrected chi connectivity index (χ1v) is 7.62. The van der Waals surface area contributed by atoms with Crippen LogP contribution in [0.2, 0.25) is 0 Å². The van der Waals surface area contributed by atoms with Crippen LogP contribution in [0.4, 0.5) is 18.9 Å². The molecule has 2 aromatic carbocycles. The molecule has 140 valence electrons. The predicted molar refractivity (Wildman–Crippen MR) is 86.9 cm³/mol. The van der Waals surface area contributed by atoms with Crippen LogP contribution in [0.5, 0.6) is 5.75 Å². The zero-order valence-electron chi connectivity index (χ0n) is 13.9. The van der Waals surface area contributed by atoms with Crippen molar-refractivity contribution >= 4 is 5.69 Å². The highest BCUT2D eigenvalue weighted by atomic mass is 19.4. The number of alkyl halides is 3. The fourth-order valence-corrected chi connectivity index (χ4v) is 2.33. The van der Waals surface area contributed by atoms with Crippen molar-refractivity contribution in [1.29, 1.82) is 0 Å². The minimum atomic E-state index is -4.82. The van der Waals surface area contributed by atoms with Crippen molar-refractivity contribution < 1.29 is 27.4 Å². The monoisotopic (exact) mass is 379 g/mol. The summed E-state index contributed by atoms with van der Waals surface area (Å²) in [5.41, 5.74) is -0.267. The highest BCUT2D eigenvalue weighted by Crippen LogP contribution is 2.38. The molecule has 3 rings (SSSR count). The van der Waals surface area contributed by atoms with Crippen molar-refractivity contribution in [3.05, 3.63) is 69.6 Å². The van der Waals surface area contributed by atoms with Gasteiger partial charge in [0.25, 0.3) is 11.6 Å². The topological polar surface area (TPSA) is 91.3 Å². The van der Waals surface area contributed by atoms with Crippen LogP contribution in [0.15, 0.2) is 47.0 Å². The second kappa shape index (κ2) is 7.06. The summed E-state index contributed by atoms with van der Waals surface area (Å²) < 4.78 is 49.5. The van der Waals surface area contributed by atoms with Gasteiger partial charge in [-0.2, -0.15) is 18.2 Å². The van der Waals surface area contributed by atoms with Crippen molar-refractivity contribution in [2.75, 3.05) is 0 Å². The van der Waals surface area contributed by atoms with E-state index in [9.17, 15) is 23.3 Å². The summed E-state index contributed by atoms with van der Waals surface area (Å²) in [6.07, 6.45) is -4.82. The summed E-state index contributed by atoms with van der Waals surface area (Å²) in [6, 6.07) is 9.52. The van der Waals surface area contributed by atoms with Gasteiger partial charge in [0.2, 0.25) is 5.82 Å². The van der Waals surface area contributed by atoms with Crippen LogP contribution < -0.4 is 4.74 Å². The summed E-state index contributed by atoms with van der Waals surface area (Å²) >= 11 is 0. The van der Waals surface area contributed by atoms with E-state index in [0.29, 0.717) is 11.6 Å². The van der Waals surface area contributed by atoms with Gasteiger partial charge in [-0.1, -0.05) is 28.9 Å². The van der Waals surface area contributed by atoms with E-state index in [0.717, 1.165) is 17.7 Å². The normalized spacial score (nSPS) is 11.4. The largest absolute Gasteiger partial charge is 0.483 e. The average Bonchev–Trinajstić information content (AvgIpc) is 3.08. The molecule has 0 saturated carbocycles. The third kappa shape index (κ3) is 4.22. The molecule has 0 bridgehead atoms. The Bertz CT molecular complexity index is 986. The Kier molecular flexibility index (Phi) is 4.80. The number of rotatable bonds is 5. The molecule has 1 heterocycles. The van der Waals surface area contributed by atoms with E-state index in [1.54, 1.807) is 6.07 Å². The quantitative estimate of drug-likeness (QED) is 0.477. The summed E-state index contributed by atoms with van der Waals surface area (Å²) in [7, 11) is 0. The highest BCUT2D eigenvalue weighted by molar-refractivity contribution is 5.55. The molecule has 10 heteroatoms. The standard InChI is InChI=1S/C17H12F3N3O4/c1-10-3-2-4-11(7-10)16-21-15(27-22-16)9-26-14-6-5-12(23(24)25)8-13(14)17(18,19)20/h2-8H,9H2,1H3. The minimum absolute atomic E-state index is 0.0296. The molecule has 27 heavy (non-hydrogen) atoms. The van der Waals surface area contributed by atoms with Gasteiger partial charge < -0.3 is 9.26 Å². The molecule has 7 nitrogen and oxygen atoms in total. The summed E-state index contributed by atoms with van der Waals surface area (Å²) in [5.74, 6) is -0.321. The van der Waals surface area contributed by atoms with Crippen LogP contribution in [0.25, 0.3) is 11.4 Å². The van der Waals surface area contributed by atoms with Gasteiger partial charge in [-0.25, -0.2) is 0 Å². The number of nitro benzene ring substituents is 1. The Morgan fingerprint density at radius 3 is 2.67 bits per heavy atom. The maximum Gasteiger partial charge on any atom is 0.420 e. The number of hydrogen-bond acceptors (Lipinski definition) is 6. The first kappa shape index (κ1) is 18.4. The minimum Gasteiger partial charge on any atom is -0.483 e. The smallest absolute Gasteiger partial charge is 0.420 e. The molecule has 0 amide bonds. The second-order valence-corrected chi connectivity index (χ2v) is 5.61. The van der Waals surface area contributed by atoms with E-state index in [1.165, 1.54) is 0 Å². The number of benzene rings is 2. The van der Waals surface area contributed by atoms with Crippen LogP contribution in [0, 0.1) is 17.0 Å². The third-order valence-corrected chi connectivity index (χ3v) is 3.57. The molecule has 0 aliphatic rings. The second-order valence-electron chi connectivity index (χ2n) is 5.61. The Morgan fingerprint density at radius 1 is 1.22 bits per heavy atom. The van der Waals surface area contributed by atoms with Crippen molar-refractivity contribution in [2.24, 2.45) is 0 Å². The number of non-ortho nitro benzene ring substituents is 1. The zero-order valence-corrected chi connectivity index (χ0v) is 13.9. The molecule has 0 fully saturated rings. The molecule has 0 spiro atoms. The molecule has 0 atom stereocenters. The molecule has 0 saturated heterocycles. The van der Waals surface area contributed by atoms with Crippen LogP contribution in [0.3, 0.4) is 0 Å². The fourth-order valence-electron chi connectivity index (χ4n) is 2.33. The number of nitrogens with zero attached hydrogens (tertiary/aromatic N) is 3. The van der Waals surface area contributed by atoms with Crippen molar-refractivity contribution in [3.63, 3.8) is 0 Å². The van der Waals surface area contributed by atoms with Crippen LogP contribution in [-0.2, 0) is 12.8 Å². The number of aryl methyl sites for hydroxylation is 1. The Labute approximate surface area is 150 Å². The Morgan fingerprint density at radius 2 is 2.00 bits per heavy atom. The average molecular weight is 379 g/mol. The van der Waals surface area contributed by atoms with Crippen LogP contribution >= 0.6 is 0 Å². The third-order valence-electron chi connectivity index (χ3n) is 3.57. The van der Waals surface area contributed by atoms with E-state index >= 15 is 0 Å². The number of aromatic nitrogens is 2. The van der Waals surface area contributed by atoms with Gasteiger partial charge >= 0.3 is 6.18 Å². The number of ether oxygens (including phenoxy) is 1. The zero-order chi connectivity index (χ0) is 19.6. The van der Waals surface area contributed by atoms with E-state index in [-0.39, 0.29) is 11.7 Å². The maximum atomic E-state index is 13.1. The summed E-state index contributed by atoms with van der Waals surface area (Å²) in [4.78, 5) is 13.9. The van der Waals surface area contributed by atoms with Gasteiger partial charge in [-0.15, -0.1) is 0 Å². The maximum absolute atomic E-state index is 13.1. The first-order chi connectivity index (χ1) is 12.7. The molecule has 0 unspecified atom stereocenters. The Hall–Kier alpha value is -3.43. The molecular formula is C17H12F3N3O4. The molecule has 3 aromatic rings. The van der Waals surface area contributed by atoms with Gasteiger partial charge in [0.1, 0.15) is 11.3 Å². The molecule has 0 aliphatic carbocycles. The predicted octanol–water partition coefficient (Wildman–Crippen LogP) is 4.55.